The van der Waals surface area contributed by atoms with Crippen LogP contribution in [0.5, 0.6) is 0 Å². The van der Waals surface area contributed by atoms with Gasteiger partial charge in [0.05, 0.1) is 0 Å². The number of benzene rings is 2. The summed E-state index contributed by atoms with van der Waals surface area (Å²) >= 11 is 14.6. The Hall–Kier alpha value is -1.10. The second-order valence-corrected chi connectivity index (χ2v) is 5.73. The first-order valence-corrected chi connectivity index (χ1v) is 7.22. The molecule has 98 valence electrons. The third-order valence-electron chi connectivity index (χ3n) is 2.67. The molecule has 0 aliphatic carbocycles. The van der Waals surface area contributed by atoms with Crippen molar-refractivity contribution in [3.8, 4) is 0 Å². The number of thiocarbonyl (C=S) groups is 1. The number of hydrogen-bond donors (Lipinski definition) is 2. The highest BCUT2D eigenvalue weighted by molar-refractivity contribution is 9.10. The molecule has 2 aromatic carbocycles. The molecule has 2 rings (SSSR count). The molecule has 0 unspecified atom stereocenters. The van der Waals surface area contributed by atoms with E-state index >= 15 is 0 Å². The Balaban J connectivity index is 2.22. The summed E-state index contributed by atoms with van der Waals surface area (Å²) in [6.45, 7) is 0.664. The number of halogens is 2. The fraction of sp³-hybridized carbons (Fsp3) is 0.0714. The summed E-state index contributed by atoms with van der Waals surface area (Å²) in [7, 11) is 0. The van der Waals surface area contributed by atoms with Crippen LogP contribution in [-0.4, -0.2) is 4.99 Å². The van der Waals surface area contributed by atoms with Crippen molar-refractivity contribution in [3.05, 3.63) is 63.1 Å². The first-order chi connectivity index (χ1) is 9.08. The molecule has 0 saturated heterocycles. The van der Waals surface area contributed by atoms with Crippen LogP contribution in [0.1, 0.15) is 11.1 Å². The number of anilines is 1. The first kappa shape index (κ1) is 14.3. The SMILES string of the molecule is NC(=S)c1ccc(Cl)cc1NCc1ccccc1Br. The molecule has 19 heavy (non-hydrogen) atoms. The highest BCUT2D eigenvalue weighted by atomic mass is 79.9. The van der Waals surface area contributed by atoms with Crippen molar-refractivity contribution >= 4 is 50.4 Å². The normalized spacial score (nSPS) is 10.2. The van der Waals surface area contributed by atoms with Crippen molar-refractivity contribution < 1.29 is 0 Å². The topological polar surface area (TPSA) is 38.0 Å². The summed E-state index contributed by atoms with van der Waals surface area (Å²) in [5.41, 5.74) is 8.49. The van der Waals surface area contributed by atoms with Gasteiger partial charge in [0.1, 0.15) is 4.99 Å². The van der Waals surface area contributed by atoms with Gasteiger partial charge in [-0.1, -0.05) is 57.9 Å². The molecular weight excluding hydrogens is 344 g/mol. The van der Waals surface area contributed by atoms with Crippen molar-refractivity contribution in [2.75, 3.05) is 5.32 Å². The number of hydrogen-bond acceptors (Lipinski definition) is 2. The van der Waals surface area contributed by atoms with Crippen molar-refractivity contribution in [2.45, 2.75) is 6.54 Å². The molecule has 0 bridgehead atoms. The fourth-order valence-electron chi connectivity index (χ4n) is 1.71. The Labute approximate surface area is 131 Å². The van der Waals surface area contributed by atoms with E-state index in [2.05, 4.69) is 21.2 Å². The molecule has 0 radical (unpaired) electrons. The van der Waals surface area contributed by atoms with Crippen molar-refractivity contribution in [1.29, 1.82) is 0 Å². The van der Waals surface area contributed by atoms with Crippen LogP contribution >= 0.6 is 39.7 Å². The van der Waals surface area contributed by atoms with Gasteiger partial charge in [-0.3, -0.25) is 0 Å². The minimum absolute atomic E-state index is 0.353. The molecule has 0 saturated carbocycles. The smallest absolute Gasteiger partial charge is 0.106 e. The van der Waals surface area contributed by atoms with Crippen LogP contribution in [0.25, 0.3) is 0 Å². The summed E-state index contributed by atoms with van der Waals surface area (Å²) in [5.74, 6) is 0. The quantitative estimate of drug-likeness (QED) is 0.801. The van der Waals surface area contributed by atoms with E-state index in [1.54, 1.807) is 6.07 Å². The Bertz CT molecular complexity index is 616. The zero-order valence-corrected chi connectivity index (χ0v) is 13.1. The average molecular weight is 356 g/mol. The monoisotopic (exact) mass is 354 g/mol. The summed E-state index contributed by atoms with van der Waals surface area (Å²) in [6, 6.07) is 13.5. The second-order valence-electron chi connectivity index (χ2n) is 4.00. The predicted molar refractivity (Wildman–Crippen MR) is 88.8 cm³/mol. The van der Waals surface area contributed by atoms with Gasteiger partial charge in [-0.2, -0.15) is 0 Å². The van der Waals surface area contributed by atoms with Crippen LogP contribution in [-0.2, 0) is 6.54 Å². The minimum atomic E-state index is 0.353. The molecule has 5 heteroatoms. The molecule has 0 aromatic heterocycles. The zero-order chi connectivity index (χ0) is 13.8. The summed E-state index contributed by atoms with van der Waals surface area (Å²) in [4.78, 5) is 0.353. The maximum atomic E-state index is 6.00. The van der Waals surface area contributed by atoms with E-state index in [9.17, 15) is 0 Å². The highest BCUT2D eigenvalue weighted by Crippen LogP contribution is 2.23. The summed E-state index contributed by atoms with van der Waals surface area (Å²) in [6.07, 6.45) is 0. The van der Waals surface area contributed by atoms with E-state index < -0.39 is 0 Å². The van der Waals surface area contributed by atoms with Crippen LogP contribution in [0, 0.1) is 0 Å². The molecule has 0 fully saturated rings. The lowest BCUT2D eigenvalue weighted by Gasteiger charge is -2.12. The third kappa shape index (κ3) is 3.69. The van der Waals surface area contributed by atoms with Gasteiger partial charge in [0.2, 0.25) is 0 Å². The van der Waals surface area contributed by atoms with Gasteiger partial charge in [0.25, 0.3) is 0 Å². The molecule has 2 nitrogen and oxygen atoms in total. The molecule has 0 aliphatic rings. The molecular formula is C14H12BrClN2S. The maximum Gasteiger partial charge on any atom is 0.106 e. The van der Waals surface area contributed by atoms with Gasteiger partial charge in [-0.05, 0) is 29.8 Å². The second kappa shape index (κ2) is 6.37. The van der Waals surface area contributed by atoms with Gasteiger partial charge in [-0.25, -0.2) is 0 Å². The van der Waals surface area contributed by atoms with Crippen LogP contribution < -0.4 is 11.1 Å². The van der Waals surface area contributed by atoms with E-state index in [-0.39, 0.29) is 0 Å². The van der Waals surface area contributed by atoms with E-state index in [1.165, 1.54) is 0 Å². The van der Waals surface area contributed by atoms with Crippen LogP contribution in [0.3, 0.4) is 0 Å². The molecule has 0 aliphatic heterocycles. The van der Waals surface area contributed by atoms with E-state index in [1.807, 2.05) is 36.4 Å². The lowest BCUT2D eigenvalue weighted by molar-refractivity contribution is 1.14. The Morgan fingerprint density at radius 1 is 1.26 bits per heavy atom. The molecule has 0 atom stereocenters. The Morgan fingerprint density at radius 2 is 2.00 bits per heavy atom. The zero-order valence-electron chi connectivity index (χ0n) is 9.99. The Morgan fingerprint density at radius 3 is 2.68 bits per heavy atom. The minimum Gasteiger partial charge on any atom is -0.389 e. The fourth-order valence-corrected chi connectivity index (χ4v) is 2.48. The molecule has 3 N–H and O–H groups in total. The van der Waals surface area contributed by atoms with Gasteiger partial charge in [-0.15, -0.1) is 0 Å². The van der Waals surface area contributed by atoms with Gasteiger partial charge < -0.3 is 11.1 Å². The lowest BCUT2D eigenvalue weighted by atomic mass is 10.1. The maximum absolute atomic E-state index is 6.00. The van der Waals surface area contributed by atoms with Crippen molar-refractivity contribution in [3.63, 3.8) is 0 Å². The van der Waals surface area contributed by atoms with Crippen LogP contribution in [0.2, 0.25) is 5.02 Å². The number of nitrogens with two attached hydrogens (primary N) is 1. The van der Waals surface area contributed by atoms with E-state index in [0.29, 0.717) is 16.6 Å². The third-order valence-corrected chi connectivity index (χ3v) is 3.90. The first-order valence-electron chi connectivity index (χ1n) is 5.64. The number of rotatable bonds is 4. The Kier molecular flexibility index (Phi) is 4.80. The highest BCUT2D eigenvalue weighted by Gasteiger charge is 2.06. The van der Waals surface area contributed by atoms with E-state index in [4.69, 9.17) is 29.6 Å². The predicted octanol–water partition coefficient (Wildman–Crippen LogP) is 4.35. The summed E-state index contributed by atoms with van der Waals surface area (Å²) in [5, 5.41) is 3.96. The standard InChI is InChI=1S/C14H12BrClN2S/c15-12-4-2-1-3-9(12)8-18-13-7-10(16)5-6-11(13)14(17)19/h1-7,18H,8H2,(H2,17,19). The lowest BCUT2D eigenvalue weighted by Crippen LogP contribution is -2.13. The van der Waals surface area contributed by atoms with Gasteiger partial charge in [0, 0.05) is 27.3 Å². The summed E-state index contributed by atoms with van der Waals surface area (Å²) < 4.78 is 1.06. The van der Waals surface area contributed by atoms with Crippen LogP contribution in [0.15, 0.2) is 46.9 Å². The van der Waals surface area contributed by atoms with E-state index in [0.717, 1.165) is 21.3 Å². The molecule has 0 amide bonds. The number of nitrogens with one attached hydrogen (secondary N) is 1. The van der Waals surface area contributed by atoms with Crippen LogP contribution in [0.4, 0.5) is 5.69 Å². The van der Waals surface area contributed by atoms with Gasteiger partial charge in [0.15, 0.2) is 0 Å². The van der Waals surface area contributed by atoms with Gasteiger partial charge >= 0.3 is 0 Å². The molecule has 0 heterocycles. The molecule has 2 aromatic rings. The average Bonchev–Trinajstić information content (AvgIpc) is 2.37. The van der Waals surface area contributed by atoms with Crippen molar-refractivity contribution in [1.82, 2.24) is 0 Å². The molecule has 0 spiro atoms. The van der Waals surface area contributed by atoms with Crippen molar-refractivity contribution in [2.24, 2.45) is 5.73 Å². The largest absolute Gasteiger partial charge is 0.389 e.